The first-order valence-electron chi connectivity index (χ1n) is 6.99. The van der Waals surface area contributed by atoms with Gasteiger partial charge in [-0.05, 0) is 52.9 Å². The van der Waals surface area contributed by atoms with E-state index < -0.39 is 0 Å². The predicted molar refractivity (Wildman–Crippen MR) is 86.6 cm³/mol. The first-order chi connectivity index (χ1) is 10.3. The average molecular weight is 273 g/mol. The zero-order valence-corrected chi connectivity index (χ0v) is 11.5. The van der Waals surface area contributed by atoms with Gasteiger partial charge >= 0.3 is 0 Å². The van der Waals surface area contributed by atoms with Gasteiger partial charge in [0, 0.05) is 5.69 Å². The predicted octanol–water partition coefficient (Wildman–Crippen LogP) is 3.98. The SMILES string of the molecule is Nc1ccc(Nc2ccc3c(c2)Cc2ccccc2-3)cn1. The number of anilines is 3. The molecule has 0 unspecified atom stereocenters. The monoisotopic (exact) mass is 273 g/mol. The molecule has 3 heteroatoms. The first-order valence-corrected chi connectivity index (χ1v) is 6.99. The standard InChI is InChI=1S/C18H15N3/c19-18-8-6-15(11-20-18)21-14-5-7-17-13(10-14)9-12-3-1-2-4-16(12)17/h1-8,10-11,21H,9H2,(H2,19,20). The van der Waals surface area contributed by atoms with Crippen LogP contribution in [0.15, 0.2) is 60.8 Å². The van der Waals surface area contributed by atoms with E-state index in [0.717, 1.165) is 17.8 Å². The van der Waals surface area contributed by atoms with E-state index in [1.165, 1.54) is 22.3 Å². The topological polar surface area (TPSA) is 50.9 Å². The van der Waals surface area contributed by atoms with E-state index in [1.54, 1.807) is 12.3 Å². The van der Waals surface area contributed by atoms with Gasteiger partial charge in [-0.3, -0.25) is 0 Å². The van der Waals surface area contributed by atoms with Crippen LogP contribution in [0.4, 0.5) is 17.2 Å². The summed E-state index contributed by atoms with van der Waals surface area (Å²) in [5, 5.41) is 3.37. The highest BCUT2D eigenvalue weighted by molar-refractivity contribution is 5.79. The first kappa shape index (κ1) is 12.0. The second-order valence-corrected chi connectivity index (χ2v) is 5.30. The van der Waals surface area contributed by atoms with E-state index in [2.05, 4.69) is 52.8 Å². The van der Waals surface area contributed by atoms with Gasteiger partial charge in [0.05, 0.1) is 11.9 Å². The van der Waals surface area contributed by atoms with Crippen molar-refractivity contribution in [2.75, 3.05) is 11.1 Å². The molecule has 0 spiro atoms. The third-order valence-corrected chi connectivity index (χ3v) is 3.87. The van der Waals surface area contributed by atoms with E-state index in [9.17, 15) is 0 Å². The van der Waals surface area contributed by atoms with Gasteiger partial charge in [0.2, 0.25) is 0 Å². The number of fused-ring (bicyclic) bond motifs is 3. The van der Waals surface area contributed by atoms with E-state index in [0.29, 0.717) is 5.82 Å². The number of nitrogens with zero attached hydrogens (tertiary/aromatic N) is 1. The van der Waals surface area contributed by atoms with Crippen LogP contribution in [0.5, 0.6) is 0 Å². The van der Waals surface area contributed by atoms with Gasteiger partial charge in [0.25, 0.3) is 0 Å². The molecule has 2 aromatic carbocycles. The summed E-state index contributed by atoms with van der Waals surface area (Å²) in [7, 11) is 0. The van der Waals surface area contributed by atoms with Crippen molar-refractivity contribution in [2.45, 2.75) is 6.42 Å². The lowest BCUT2D eigenvalue weighted by atomic mass is 10.1. The zero-order valence-electron chi connectivity index (χ0n) is 11.5. The quantitative estimate of drug-likeness (QED) is 0.581. The number of nitrogen functional groups attached to an aromatic ring is 1. The Labute approximate surface area is 123 Å². The molecule has 0 bridgehead atoms. The number of hydrogen-bond donors (Lipinski definition) is 2. The van der Waals surface area contributed by atoms with E-state index in [-0.39, 0.29) is 0 Å². The Balaban J connectivity index is 1.65. The fraction of sp³-hybridized carbons (Fsp3) is 0.0556. The Morgan fingerprint density at radius 1 is 0.857 bits per heavy atom. The molecular formula is C18H15N3. The lowest BCUT2D eigenvalue weighted by Crippen LogP contribution is -1.94. The highest BCUT2D eigenvalue weighted by Gasteiger charge is 2.17. The van der Waals surface area contributed by atoms with Gasteiger partial charge in [-0.25, -0.2) is 4.98 Å². The van der Waals surface area contributed by atoms with Crippen LogP contribution in [0.2, 0.25) is 0 Å². The zero-order chi connectivity index (χ0) is 14.2. The van der Waals surface area contributed by atoms with Crippen molar-refractivity contribution in [1.82, 2.24) is 4.98 Å². The van der Waals surface area contributed by atoms with Crippen LogP contribution in [0.3, 0.4) is 0 Å². The number of aromatic nitrogens is 1. The second kappa shape index (κ2) is 4.63. The number of hydrogen-bond acceptors (Lipinski definition) is 3. The number of nitrogens with one attached hydrogen (secondary N) is 1. The van der Waals surface area contributed by atoms with Crippen molar-refractivity contribution in [3.63, 3.8) is 0 Å². The molecule has 102 valence electrons. The second-order valence-electron chi connectivity index (χ2n) is 5.30. The van der Waals surface area contributed by atoms with Crippen LogP contribution in [-0.2, 0) is 6.42 Å². The number of nitrogens with two attached hydrogens (primary N) is 1. The molecule has 1 aromatic heterocycles. The summed E-state index contributed by atoms with van der Waals surface area (Å²) >= 11 is 0. The largest absolute Gasteiger partial charge is 0.384 e. The maximum atomic E-state index is 5.60. The normalized spacial score (nSPS) is 11.8. The molecule has 0 atom stereocenters. The molecule has 4 rings (SSSR count). The molecule has 1 heterocycles. The Morgan fingerprint density at radius 2 is 1.67 bits per heavy atom. The smallest absolute Gasteiger partial charge is 0.123 e. The fourth-order valence-corrected chi connectivity index (χ4v) is 2.87. The molecule has 3 aromatic rings. The summed E-state index contributed by atoms with van der Waals surface area (Å²) in [5.74, 6) is 0.532. The van der Waals surface area contributed by atoms with Gasteiger partial charge in [0.15, 0.2) is 0 Å². The molecule has 21 heavy (non-hydrogen) atoms. The van der Waals surface area contributed by atoms with Crippen molar-refractivity contribution in [2.24, 2.45) is 0 Å². The Morgan fingerprint density at radius 3 is 2.52 bits per heavy atom. The van der Waals surface area contributed by atoms with Crippen molar-refractivity contribution in [3.05, 3.63) is 71.9 Å². The van der Waals surface area contributed by atoms with Gasteiger partial charge in [-0.15, -0.1) is 0 Å². The van der Waals surface area contributed by atoms with Gasteiger partial charge in [0.1, 0.15) is 5.82 Å². The van der Waals surface area contributed by atoms with E-state index in [1.807, 2.05) is 6.07 Å². The minimum atomic E-state index is 0.532. The lowest BCUT2D eigenvalue weighted by molar-refractivity contribution is 1.26. The summed E-state index contributed by atoms with van der Waals surface area (Å²) in [4.78, 5) is 4.10. The lowest BCUT2D eigenvalue weighted by Gasteiger charge is -2.08. The van der Waals surface area contributed by atoms with Gasteiger partial charge in [-0.1, -0.05) is 30.3 Å². The minimum Gasteiger partial charge on any atom is -0.384 e. The summed E-state index contributed by atoms with van der Waals surface area (Å²) < 4.78 is 0. The maximum Gasteiger partial charge on any atom is 0.123 e. The molecule has 0 fully saturated rings. The fourth-order valence-electron chi connectivity index (χ4n) is 2.87. The van der Waals surface area contributed by atoms with Gasteiger partial charge in [-0.2, -0.15) is 0 Å². The summed E-state index contributed by atoms with van der Waals surface area (Å²) in [6.45, 7) is 0. The molecule has 1 aliphatic rings. The van der Waals surface area contributed by atoms with Crippen LogP contribution in [0, 0.1) is 0 Å². The van der Waals surface area contributed by atoms with Crippen molar-refractivity contribution >= 4 is 17.2 Å². The third-order valence-electron chi connectivity index (χ3n) is 3.87. The van der Waals surface area contributed by atoms with Crippen LogP contribution in [0.1, 0.15) is 11.1 Å². The highest BCUT2D eigenvalue weighted by Crippen LogP contribution is 2.37. The molecule has 0 aliphatic heterocycles. The Hall–Kier alpha value is -2.81. The summed E-state index contributed by atoms with van der Waals surface area (Å²) in [6, 6.07) is 18.8. The van der Waals surface area contributed by atoms with E-state index >= 15 is 0 Å². The maximum absolute atomic E-state index is 5.60. The Kier molecular flexibility index (Phi) is 2.64. The van der Waals surface area contributed by atoms with Crippen molar-refractivity contribution in [1.29, 1.82) is 0 Å². The van der Waals surface area contributed by atoms with E-state index in [4.69, 9.17) is 5.73 Å². The van der Waals surface area contributed by atoms with Crippen molar-refractivity contribution < 1.29 is 0 Å². The number of rotatable bonds is 2. The van der Waals surface area contributed by atoms with Crippen molar-refractivity contribution in [3.8, 4) is 11.1 Å². The van der Waals surface area contributed by atoms with Crippen LogP contribution >= 0.6 is 0 Å². The summed E-state index contributed by atoms with van der Waals surface area (Å²) in [5.41, 5.74) is 13.1. The molecule has 0 amide bonds. The molecule has 0 radical (unpaired) electrons. The number of benzene rings is 2. The van der Waals surface area contributed by atoms with Crippen LogP contribution in [0.25, 0.3) is 11.1 Å². The molecule has 3 N–H and O–H groups in total. The summed E-state index contributed by atoms with van der Waals surface area (Å²) in [6.07, 6.45) is 2.75. The van der Waals surface area contributed by atoms with Crippen LogP contribution < -0.4 is 11.1 Å². The number of pyridine rings is 1. The average Bonchev–Trinajstić information content (AvgIpc) is 2.87. The molecule has 0 saturated heterocycles. The molecule has 0 saturated carbocycles. The molecular weight excluding hydrogens is 258 g/mol. The third kappa shape index (κ3) is 2.13. The minimum absolute atomic E-state index is 0.532. The molecule has 3 nitrogen and oxygen atoms in total. The van der Waals surface area contributed by atoms with Gasteiger partial charge < -0.3 is 11.1 Å². The van der Waals surface area contributed by atoms with Crippen LogP contribution in [-0.4, -0.2) is 4.98 Å². The highest BCUT2D eigenvalue weighted by atomic mass is 14.9. The molecule has 1 aliphatic carbocycles. The Bertz CT molecular complexity index is 807.